The molecule has 0 spiro atoms. The van der Waals surface area contributed by atoms with Gasteiger partial charge in [0, 0.05) is 19.0 Å². The first-order valence-corrected chi connectivity index (χ1v) is 5.60. The molecular formula is C12H18N2O2. The summed E-state index contributed by atoms with van der Waals surface area (Å²) in [6, 6.07) is 2.24. The van der Waals surface area contributed by atoms with Crippen molar-refractivity contribution in [1.82, 2.24) is 4.90 Å². The summed E-state index contributed by atoms with van der Waals surface area (Å²) in [5.41, 5.74) is 0. The number of hydrogen-bond acceptors (Lipinski definition) is 3. The van der Waals surface area contributed by atoms with E-state index in [2.05, 4.69) is 12.6 Å². The zero-order valence-electron chi connectivity index (χ0n) is 9.69. The van der Waals surface area contributed by atoms with Gasteiger partial charge in [0.05, 0.1) is 12.7 Å². The molecule has 0 aromatic rings. The van der Waals surface area contributed by atoms with Crippen LogP contribution in [0.15, 0.2) is 12.7 Å². The first-order valence-electron chi connectivity index (χ1n) is 5.60. The fourth-order valence-electron chi connectivity index (χ4n) is 1.77. The summed E-state index contributed by atoms with van der Waals surface area (Å²) in [4.78, 5) is 13.7. The third-order valence-electron chi connectivity index (χ3n) is 2.80. The van der Waals surface area contributed by atoms with Crippen molar-refractivity contribution in [3.8, 4) is 6.07 Å². The molecule has 1 amide bonds. The molecule has 0 N–H and O–H groups in total. The lowest BCUT2D eigenvalue weighted by Crippen LogP contribution is -2.43. The molecule has 0 aromatic carbocycles. The fraction of sp³-hybridized carbons (Fsp3) is 0.667. The van der Waals surface area contributed by atoms with E-state index in [9.17, 15) is 4.79 Å². The normalized spacial score (nSPS) is 18.9. The number of hydrogen-bond donors (Lipinski definition) is 0. The Morgan fingerprint density at radius 2 is 2.31 bits per heavy atom. The maximum atomic E-state index is 11.9. The van der Waals surface area contributed by atoms with Crippen molar-refractivity contribution in [1.29, 1.82) is 5.26 Å². The molecule has 4 heteroatoms. The Morgan fingerprint density at radius 1 is 1.69 bits per heavy atom. The van der Waals surface area contributed by atoms with Crippen LogP contribution < -0.4 is 0 Å². The molecule has 1 aliphatic heterocycles. The highest BCUT2D eigenvalue weighted by Crippen LogP contribution is 2.17. The summed E-state index contributed by atoms with van der Waals surface area (Å²) in [6.45, 7) is 7.01. The van der Waals surface area contributed by atoms with Crippen LogP contribution in [-0.2, 0) is 9.53 Å². The molecule has 0 unspecified atom stereocenters. The van der Waals surface area contributed by atoms with E-state index in [-0.39, 0.29) is 11.8 Å². The van der Waals surface area contributed by atoms with Crippen molar-refractivity contribution in [2.45, 2.75) is 25.9 Å². The number of ether oxygens (including phenoxy) is 1. The minimum Gasteiger partial charge on any atom is -0.365 e. The predicted molar refractivity (Wildman–Crippen MR) is 60.5 cm³/mol. The largest absolute Gasteiger partial charge is 0.365 e. The van der Waals surface area contributed by atoms with Crippen molar-refractivity contribution < 1.29 is 9.53 Å². The monoisotopic (exact) mass is 222 g/mol. The van der Waals surface area contributed by atoms with E-state index in [1.807, 2.05) is 0 Å². The molecular weight excluding hydrogens is 204 g/mol. The van der Waals surface area contributed by atoms with Gasteiger partial charge < -0.3 is 9.64 Å². The summed E-state index contributed by atoms with van der Waals surface area (Å²) in [7, 11) is 0. The van der Waals surface area contributed by atoms with Crippen molar-refractivity contribution in [3.05, 3.63) is 12.7 Å². The Hall–Kier alpha value is -1.34. The van der Waals surface area contributed by atoms with E-state index < -0.39 is 6.10 Å². The van der Waals surface area contributed by atoms with Crippen LogP contribution in [0.3, 0.4) is 0 Å². The van der Waals surface area contributed by atoms with Crippen LogP contribution in [-0.4, -0.2) is 36.6 Å². The number of nitriles is 1. The van der Waals surface area contributed by atoms with Gasteiger partial charge >= 0.3 is 0 Å². The lowest BCUT2D eigenvalue weighted by Gasteiger charge is -2.31. The number of nitrogens with zero attached hydrogens (tertiary/aromatic N) is 2. The van der Waals surface area contributed by atoms with Gasteiger partial charge in [0.25, 0.3) is 5.91 Å². The molecule has 4 nitrogen and oxygen atoms in total. The average molecular weight is 222 g/mol. The standard InChI is InChI=1S/C12H18N2O2/c1-3-8-16-10(2)12(15)14-6-4-11(9-13)5-7-14/h3,10-11H,1,4-8H2,2H3/t10-/m1/s1. The van der Waals surface area contributed by atoms with Crippen LogP contribution in [0.25, 0.3) is 0 Å². The van der Waals surface area contributed by atoms with Gasteiger partial charge in [-0.1, -0.05) is 6.08 Å². The predicted octanol–water partition coefficient (Wildman–Crippen LogP) is 1.34. The van der Waals surface area contributed by atoms with E-state index in [1.165, 1.54) is 0 Å². The molecule has 1 atom stereocenters. The van der Waals surface area contributed by atoms with Crippen molar-refractivity contribution in [3.63, 3.8) is 0 Å². The maximum absolute atomic E-state index is 11.9. The van der Waals surface area contributed by atoms with Crippen LogP contribution in [0.1, 0.15) is 19.8 Å². The molecule has 0 aromatic heterocycles. The number of piperidine rings is 1. The lowest BCUT2D eigenvalue weighted by molar-refractivity contribution is -0.143. The second kappa shape index (κ2) is 6.29. The second-order valence-electron chi connectivity index (χ2n) is 3.99. The second-order valence-corrected chi connectivity index (χ2v) is 3.99. The molecule has 1 rings (SSSR count). The summed E-state index contributed by atoms with van der Waals surface area (Å²) >= 11 is 0. The van der Waals surface area contributed by atoms with Crippen LogP contribution in [0.5, 0.6) is 0 Å². The Balaban J connectivity index is 2.38. The van der Waals surface area contributed by atoms with Gasteiger partial charge in [-0.05, 0) is 19.8 Å². The van der Waals surface area contributed by atoms with Crippen molar-refractivity contribution in [2.75, 3.05) is 19.7 Å². The number of amides is 1. The molecule has 0 saturated carbocycles. The molecule has 1 aliphatic rings. The van der Waals surface area contributed by atoms with Crippen LogP contribution in [0.4, 0.5) is 0 Å². The average Bonchev–Trinajstić information content (AvgIpc) is 2.35. The highest BCUT2D eigenvalue weighted by atomic mass is 16.5. The Bertz CT molecular complexity index is 288. The van der Waals surface area contributed by atoms with Crippen molar-refractivity contribution >= 4 is 5.91 Å². The number of likely N-dealkylation sites (tertiary alicyclic amines) is 1. The minimum atomic E-state index is -0.420. The van der Waals surface area contributed by atoms with Gasteiger partial charge in [0.15, 0.2) is 0 Å². The molecule has 1 heterocycles. The Kier molecular flexibility index (Phi) is 5.00. The summed E-state index contributed by atoms with van der Waals surface area (Å²) in [6.07, 6.45) is 2.76. The molecule has 0 radical (unpaired) electrons. The topological polar surface area (TPSA) is 53.3 Å². The summed E-state index contributed by atoms with van der Waals surface area (Å²) in [5.74, 6) is 0.117. The van der Waals surface area contributed by atoms with Gasteiger partial charge in [-0.25, -0.2) is 0 Å². The van der Waals surface area contributed by atoms with Gasteiger partial charge in [-0.2, -0.15) is 5.26 Å². The molecule has 0 bridgehead atoms. The summed E-state index contributed by atoms with van der Waals surface area (Å²) in [5, 5.41) is 8.75. The highest BCUT2D eigenvalue weighted by molar-refractivity contribution is 5.80. The summed E-state index contributed by atoms with van der Waals surface area (Å²) < 4.78 is 5.29. The van der Waals surface area contributed by atoms with E-state index in [0.29, 0.717) is 19.7 Å². The molecule has 1 fully saturated rings. The van der Waals surface area contributed by atoms with Gasteiger partial charge in [0.2, 0.25) is 0 Å². The number of carbonyl (C=O) groups is 1. The highest BCUT2D eigenvalue weighted by Gasteiger charge is 2.25. The third kappa shape index (κ3) is 3.35. The SMILES string of the molecule is C=CCO[C@H](C)C(=O)N1CCC(C#N)CC1. The van der Waals surface area contributed by atoms with E-state index >= 15 is 0 Å². The molecule has 88 valence electrons. The lowest BCUT2D eigenvalue weighted by atomic mass is 9.98. The van der Waals surface area contributed by atoms with Gasteiger partial charge in [0.1, 0.15) is 6.10 Å². The molecule has 1 saturated heterocycles. The zero-order valence-corrected chi connectivity index (χ0v) is 9.69. The first kappa shape index (κ1) is 12.7. The van der Waals surface area contributed by atoms with Crippen LogP contribution in [0.2, 0.25) is 0 Å². The van der Waals surface area contributed by atoms with E-state index in [1.54, 1.807) is 17.9 Å². The number of carbonyl (C=O) groups excluding carboxylic acids is 1. The zero-order chi connectivity index (χ0) is 12.0. The Labute approximate surface area is 96.5 Å². The number of rotatable bonds is 4. The fourth-order valence-corrected chi connectivity index (χ4v) is 1.77. The molecule has 0 aliphatic carbocycles. The smallest absolute Gasteiger partial charge is 0.251 e. The van der Waals surface area contributed by atoms with Gasteiger partial charge in [-0.15, -0.1) is 6.58 Å². The van der Waals surface area contributed by atoms with Crippen molar-refractivity contribution in [2.24, 2.45) is 5.92 Å². The first-order chi connectivity index (χ1) is 7.69. The van der Waals surface area contributed by atoms with Gasteiger partial charge in [-0.3, -0.25) is 4.79 Å². The van der Waals surface area contributed by atoms with Crippen LogP contribution >= 0.6 is 0 Å². The van der Waals surface area contributed by atoms with E-state index in [4.69, 9.17) is 10.00 Å². The Morgan fingerprint density at radius 3 is 2.81 bits per heavy atom. The third-order valence-corrected chi connectivity index (χ3v) is 2.80. The van der Waals surface area contributed by atoms with Crippen LogP contribution in [0, 0.1) is 17.2 Å². The quantitative estimate of drug-likeness (QED) is 0.674. The van der Waals surface area contributed by atoms with E-state index in [0.717, 1.165) is 12.8 Å². The minimum absolute atomic E-state index is 0.0123. The molecule has 16 heavy (non-hydrogen) atoms. The maximum Gasteiger partial charge on any atom is 0.251 e.